The van der Waals surface area contributed by atoms with Crippen LogP contribution in [-0.2, 0) is 0 Å². The summed E-state index contributed by atoms with van der Waals surface area (Å²) in [6.07, 6.45) is 4.38. The number of hydrogen-bond acceptors (Lipinski definition) is 3. The molecule has 0 aromatic carbocycles. The highest BCUT2D eigenvalue weighted by Gasteiger charge is 2.19. The summed E-state index contributed by atoms with van der Waals surface area (Å²) in [5.41, 5.74) is 7.00. The van der Waals surface area contributed by atoms with Crippen LogP contribution in [0.5, 0.6) is 0 Å². The van der Waals surface area contributed by atoms with Crippen LogP contribution in [0.3, 0.4) is 0 Å². The van der Waals surface area contributed by atoms with Crippen molar-refractivity contribution in [1.82, 2.24) is 4.98 Å². The van der Waals surface area contributed by atoms with Gasteiger partial charge in [-0.25, -0.2) is 4.98 Å². The SMILES string of the molecule is Cc1ccnc(N2CCC[C@@H](CN)C2)c1. The van der Waals surface area contributed by atoms with Crippen LogP contribution in [0.4, 0.5) is 5.82 Å². The van der Waals surface area contributed by atoms with Crippen LogP contribution in [0.15, 0.2) is 18.3 Å². The zero-order valence-corrected chi connectivity index (χ0v) is 9.32. The lowest BCUT2D eigenvalue weighted by Gasteiger charge is -2.33. The molecule has 82 valence electrons. The molecule has 1 aromatic rings. The van der Waals surface area contributed by atoms with Crippen molar-refractivity contribution in [2.24, 2.45) is 11.7 Å². The Morgan fingerprint density at radius 3 is 3.20 bits per heavy atom. The Labute approximate surface area is 91.3 Å². The molecule has 2 N–H and O–H groups in total. The highest BCUT2D eigenvalue weighted by atomic mass is 15.2. The van der Waals surface area contributed by atoms with Crippen LogP contribution in [-0.4, -0.2) is 24.6 Å². The first kappa shape index (κ1) is 10.4. The van der Waals surface area contributed by atoms with E-state index in [1.54, 1.807) is 0 Å². The normalized spacial score (nSPS) is 21.7. The van der Waals surface area contributed by atoms with E-state index in [0.717, 1.165) is 25.5 Å². The summed E-state index contributed by atoms with van der Waals surface area (Å²) >= 11 is 0. The van der Waals surface area contributed by atoms with Gasteiger partial charge in [-0.1, -0.05) is 0 Å². The monoisotopic (exact) mass is 205 g/mol. The summed E-state index contributed by atoms with van der Waals surface area (Å²) in [7, 11) is 0. The van der Waals surface area contributed by atoms with Crippen molar-refractivity contribution in [2.45, 2.75) is 19.8 Å². The number of nitrogens with two attached hydrogens (primary N) is 1. The standard InChI is InChI=1S/C12H19N3/c1-10-4-5-14-12(7-10)15-6-2-3-11(8-13)9-15/h4-5,7,11H,2-3,6,8-9,13H2,1H3/t11-/m0/s1. The van der Waals surface area contributed by atoms with Crippen molar-refractivity contribution < 1.29 is 0 Å². The lowest BCUT2D eigenvalue weighted by molar-refractivity contribution is 0.421. The molecule has 0 radical (unpaired) electrons. The van der Waals surface area contributed by atoms with Crippen LogP contribution in [0, 0.1) is 12.8 Å². The number of piperidine rings is 1. The number of pyridine rings is 1. The molecule has 1 atom stereocenters. The Hall–Kier alpha value is -1.09. The fourth-order valence-electron chi connectivity index (χ4n) is 2.16. The summed E-state index contributed by atoms with van der Waals surface area (Å²) in [5, 5.41) is 0. The van der Waals surface area contributed by atoms with Crippen LogP contribution in [0.2, 0.25) is 0 Å². The highest BCUT2D eigenvalue weighted by Crippen LogP contribution is 2.21. The smallest absolute Gasteiger partial charge is 0.128 e. The number of nitrogens with zero attached hydrogens (tertiary/aromatic N) is 2. The van der Waals surface area contributed by atoms with Gasteiger partial charge in [-0.2, -0.15) is 0 Å². The van der Waals surface area contributed by atoms with Gasteiger partial charge in [0.25, 0.3) is 0 Å². The van der Waals surface area contributed by atoms with Crippen molar-refractivity contribution in [3.8, 4) is 0 Å². The molecule has 1 aliphatic rings. The Bertz CT molecular complexity index is 324. The molecule has 1 fully saturated rings. The van der Waals surface area contributed by atoms with Gasteiger partial charge in [-0.3, -0.25) is 0 Å². The maximum absolute atomic E-state index is 5.73. The van der Waals surface area contributed by atoms with E-state index in [9.17, 15) is 0 Å². The number of aryl methyl sites for hydroxylation is 1. The quantitative estimate of drug-likeness (QED) is 0.796. The molecule has 0 unspecified atom stereocenters. The Morgan fingerprint density at radius 1 is 1.60 bits per heavy atom. The molecule has 15 heavy (non-hydrogen) atoms. The molecular formula is C12H19N3. The van der Waals surface area contributed by atoms with Crippen LogP contribution >= 0.6 is 0 Å². The molecule has 0 saturated carbocycles. The molecule has 0 aliphatic carbocycles. The molecule has 1 saturated heterocycles. The predicted molar refractivity (Wildman–Crippen MR) is 63.0 cm³/mol. The van der Waals surface area contributed by atoms with E-state index in [1.165, 1.54) is 18.4 Å². The van der Waals surface area contributed by atoms with Crippen LogP contribution in [0.1, 0.15) is 18.4 Å². The zero-order chi connectivity index (χ0) is 10.7. The molecule has 2 heterocycles. The summed E-state index contributed by atoms with van der Waals surface area (Å²) < 4.78 is 0. The average Bonchev–Trinajstić information content (AvgIpc) is 2.29. The van der Waals surface area contributed by atoms with Crippen molar-refractivity contribution in [3.63, 3.8) is 0 Å². The lowest BCUT2D eigenvalue weighted by atomic mass is 9.98. The summed E-state index contributed by atoms with van der Waals surface area (Å²) in [4.78, 5) is 6.77. The molecule has 2 rings (SSSR count). The number of aromatic nitrogens is 1. The second-order valence-corrected chi connectivity index (χ2v) is 4.38. The molecule has 1 aliphatic heterocycles. The maximum Gasteiger partial charge on any atom is 0.128 e. The fourth-order valence-corrected chi connectivity index (χ4v) is 2.16. The van der Waals surface area contributed by atoms with Crippen molar-refractivity contribution in [3.05, 3.63) is 23.9 Å². The first-order chi connectivity index (χ1) is 7.29. The van der Waals surface area contributed by atoms with Crippen molar-refractivity contribution in [1.29, 1.82) is 0 Å². The van der Waals surface area contributed by atoms with Gasteiger partial charge in [-0.05, 0) is 49.9 Å². The third-order valence-corrected chi connectivity index (χ3v) is 3.08. The first-order valence-electron chi connectivity index (χ1n) is 5.67. The first-order valence-corrected chi connectivity index (χ1v) is 5.67. The number of rotatable bonds is 2. The molecule has 3 heteroatoms. The zero-order valence-electron chi connectivity index (χ0n) is 9.32. The molecular weight excluding hydrogens is 186 g/mol. The third-order valence-electron chi connectivity index (χ3n) is 3.08. The Balaban J connectivity index is 2.09. The lowest BCUT2D eigenvalue weighted by Crippen LogP contribution is -2.38. The van der Waals surface area contributed by atoms with E-state index >= 15 is 0 Å². The van der Waals surface area contributed by atoms with Gasteiger partial charge in [0.1, 0.15) is 5.82 Å². The van der Waals surface area contributed by atoms with Gasteiger partial charge in [0.15, 0.2) is 0 Å². The Kier molecular flexibility index (Phi) is 3.21. The Morgan fingerprint density at radius 2 is 2.47 bits per heavy atom. The minimum atomic E-state index is 0.640. The highest BCUT2D eigenvalue weighted by molar-refractivity contribution is 5.41. The topological polar surface area (TPSA) is 42.2 Å². The van der Waals surface area contributed by atoms with E-state index in [0.29, 0.717) is 5.92 Å². The summed E-state index contributed by atoms with van der Waals surface area (Å²) in [6.45, 7) is 5.08. The molecule has 0 bridgehead atoms. The summed E-state index contributed by atoms with van der Waals surface area (Å²) in [5.74, 6) is 1.74. The van der Waals surface area contributed by atoms with Gasteiger partial charge in [0, 0.05) is 19.3 Å². The minimum absolute atomic E-state index is 0.640. The second kappa shape index (κ2) is 4.62. The average molecular weight is 205 g/mol. The van der Waals surface area contributed by atoms with E-state index < -0.39 is 0 Å². The molecule has 3 nitrogen and oxygen atoms in total. The molecule has 0 spiro atoms. The number of hydrogen-bond donors (Lipinski definition) is 1. The molecule has 0 amide bonds. The van der Waals surface area contributed by atoms with Crippen LogP contribution in [0.25, 0.3) is 0 Å². The van der Waals surface area contributed by atoms with Crippen LogP contribution < -0.4 is 10.6 Å². The number of anilines is 1. The van der Waals surface area contributed by atoms with Gasteiger partial charge >= 0.3 is 0 Å². The largest absolute Gasteiger partial charge is 0.356 e. The molecule has 1 aromatic heterocycles. The minimum Gasteiger partial charge on any atom is -0.356 e. The predicted octanol–water partition coefficient (Wildman–Crippen LogP) is 1.57. The van der Waals surface area contributed by atoms with Crippen molar-refractivity contribution >= 4 is 5.82 Å². The van der Waals surface area contributed by atoms with E-state index in [4.69, 9.17) is 5.73 Å². The van der Waals surface area contributed by atoms with E-state index in [2.05, 4.69) is 22.9 Å². The van der Waals surface area contributed by atoms with Gasteiger partial charge in [-0.15, -0.1) is 0 Å². The van der Waals surface area contributed by atoms with Gasteiger partial charge in [0.05, 0.1) is 0 Å². The van der Waals surface area contributed by atoms with Crippen molar-refractivity contribution in [2.75, 3.05) is 24.5 Å². The van der Waals surface area contributed by atoms with Gasteiger partial charge < -0.3 is 10.6 Å². The third kappa shape index (κ3) is 2.48. The van der Waals surface area contributed by atoms with Gasteiger partial charge in [0.2, 0.25) is 0 Å². The fraction of sp³-hybridized carbons (Fsp3) is 0.583. The summed E-state index contributed by atoms with van der Waals surface area (Å²) in [6, 6.07) is 4.19. The van der Waals surface area contributed by atoms with E-state index in [1.807, 2.05) is 12.3 Å². The van der Waals surface area contributed by atoms with E-state index in [-0.39, 0.29) is 0 Å². The second-order valence-electron chi connectivity index (χ2n) is 4.38. The maximum atomic E-state index is 5.73.